The molecule has 0 radical (unpaired) electrons. The molecule has 0 unspecified atom stereocenters. The van der Waals surface area contributed by atoms with Crippen LogP contribution in [0.5, 0.6) is 0 Å². The van der Waals surface area contributed by atoms with Crippen LogP contribution >= 0.6 is 0 Å². The molecule has 0 aromatic heterocycles. The fourth-order valence-corrected chi connectivity index (χ4v) is 0.115. The van der Waals surface area contributed by atoms with E-state index in [1.54, 1.807) is 0 Å². The van der Waals surface area contributed by atoms with E-state index in [1.807, 2.05) is 0 Å². The normalized spacial score (nSPS) is 8.57. The quantitative estimate of drug-likeness (QED) is 0.277. The van der Waals surface area contributed by atoms with Gasteiger partial charge in [-0.05, 0) is 0 Å². The number of hydrogen-bond acceptors (Lipinski definition) is 6. The second-order valence-corrected chi connectivity index (χ2v) is 2.04. The van der Waals surface area contributed by atoms with Gasteiger partial charge in [0.1, 0.15) is 12.2 Å². The Labute approximate surface area is 112 Å². The van der Waals surface area contributed by atoms with E-state index in [4.69, 9.17) is 30.6 Å². The maximum Gasteiger partial charge on any atom is 2.00 e. The first-order valence-corrected chi connectivity index (χ1v) is 3.41. The number of rotatable bonds is 4. The minimum absolute atomic E-state index is 0. The summed E-state index contributed by atoms with van der Waals surface area (Å²) in [5, 5.41) is 48.0. The zero-order chi connectivity index (χ0) is 9.98. The first-order chi connectivity index (χ1) is 5.62. The maximum atomic E-state index is 8.17. The van der Waals surface area contributed by atoms with Crippen LogP contribution in [-0.2, 0) is 5.48 Å². The standard InChI is InChI=1S/2C3H8O3.Ca.O/c2*4-1-3(6)2-5;;/h2*3-6H,1-2H2;;/q;;+2;-2. The van der Waals surface area contributed by atoms with Crippen LogP contribution in [0, 0.1) is 0 Å². The predicted octanol–water partition coefficient (Wildman–Crippen LogP) is -3.84. The van der Waals surface area contributed by atoms with Crippen molar-refractivity contribution in [2.45, 2.75) is 12.2 Å². The molecule has 0 spiro atoms. The summed E-state index contributed by atoms with van der Waals surface area (Å²) in [6, 6.07) is 0. The molecule has 84 valence electrons. The second-order valence-electron chi connectivity index (χ2n) is 2.04. The van der Waals surface area contributed by atoms with Crippen LogP contribution in [0.15, 0.2) is 0 Å². The van der Waals surface area contributed by atoms with E-state index < -0.39 is 12.2 Å². The van der Waals surface area contributed by atoms with Gasteiger partial charge in [-0.25, -0.2) is 0 Å². The SMILES string of the molecule is OCC(O)CO.OCC(O)CO.[Ca+2].[O-2]. The molecule has 0 aliphatic heterocycles. The zero-order valence-electron chi connectivity index (χ0n) is 7.78. The van der Waals surface area contributed by atoms with Crippen molar-refractivity contribution in [1.82, 2.24) is 0 Å². The van der Waals surface area contributed by atoms with Gasteiger partial charge in [0.15, 0.2) is 0 Å². The molecule has 0 bridgehead atoms. The predicted molar refractivity (Wildman–Crippen MR) is 46.8 cm³/mol. The van der Waals surface area contributed by atoms with Crippen molar-refractivity contribution >= 4 is 37.7 Å². The van der Waals surface area contributed by atoms with Gasteiger partial charge in [-0.15, -0.1) is 0 Å². The van der Waals surface area contributed by atoms with Gasteiger partial charge in [0, 0.05) is 0 Å². The van der Waals surface area contributed by atoms with E-state index >= 15 is 0 Å². The summed E-state index contributed by atoms with van der Waals surface area (Å²) in [6.45, 7) is -1.46. The molecule has 0 aromatic carbocycles. The van der Waals surface area contributed by atoms with Crippen molar-refractivity contribution in [2.75, 3.05) is 26.4 Å². The van der Waals surface area contributed by atoms with Crippen LogP contribution in [0.2, 0.25) is 0 Å². The Morgan fingerprint density at radius 2 is 0.786 bits per heavy atom. The third kappa shape index (κ3) is 23.1. The van der Waals surface area contributed by atoms with Crippen LogP contribution in [-0.4, -0.2) is 107 Å². The van der Waals surface area contributed by atoms with Crippen molar-refractivity contribution < 1.29 is 36.1 Å². The summed E-state index contributed by atoms with van der Waals surface area (Å²) in [4.78, 5) is 0. The molecule has 0 saturated carbocycles. The Bertz CT molecular complexity index is 66.6. The zero-order valence-corrected chi connectivity index (χ0v) is 9.99. The molecule has 7 nitrogen and oxygen atoms in total. The smallest absolute Gasteiger partial charge is 2.00 e. The van der Waals surface area contributed by atoms with E-state index in [-0.39, 0.29) is 69.6 Å². The summed E-state index contributed by atoms with van der Waals surface area (Å²) in [6.07, 6.45) is -1.91. The third-order valence-electron chi connectivity index (χ3n) is 0.843. The molecule has 0 aliphatic rings. The molecule has 0 rings (SSSR count). The fraction of sp³-hybridized carbons (Fsp3) is 1.00. The van der Waals surface area contributed by atoms with E-state index in [9.17, 15) is 0 Å². The molecule has 0 aromatic rings. The molecular formula is C6H16CaO7. The van der Waals surface area contributed by atoms with E-state index in [2.05, 4.69) is 0 Å². The van der Waals surface area contributed by atoms with Crippen LogP contribution in [0.3, 0.4) is 0 Å². The van der Waals surface area contributed by atoms with Gasteiger partial charge in [0.05, 0.1) is 26.4 Å². The number of aliphatic hydroxyl groups excluding tert-OH is 6. The molecule has 0 aliphatic carbocycles. The van der Waals surface area contributed by atoms with Crippen molar-refractivity contribution in [3.05, 3.63) is 0 Å². The largest absolute Gasteiger partial charge is 2.00 e. The molecule has 8 heteroatoms. The molecule has 0 heterocycles. The van der Waals surface area contributed by atoms with Gasteiger partial charge < -0.3 is 36.1 Å². The summed E-state index contributed by atoms with van der Waals surface area (Å²) in [5.41, 5.74) is 0. The molecule has 6 N–H and O–H groups in total. The Balaban J connectivity index is -0.0000000625. The Morgan fingerprint density at radius 3 is 0.786 bits per heavy atom. The Hall–Kier alpha value is 0.980. The monoisotopic (exact) mass is 240 g/mol. The summed E-state index contributed by atoms with van der Waals surface area (Å²) >= 11 is 0. The van der Waals surface area contributed by atoms with Crippen molar-refractivity contribution in [1.29, 1.82) is 0 Å². The minimum atomic E-state index is -0.954. The number of aliphatic hydroxyl groups is 6. The number of hydrogen-bond donors (Lipinski definition) is 6. The van der Waals surface area contributed by atoms with Crippen molar-refractivity contribution in [3.8, 4) is 0 Å². The second kappa shape index (κ2) is 19.5. The first-order valence-electron chi connectivity index (χ1n) is 3.41. The van der Waals surface area contributed by atoms with Gasteiger partial charge in [0.25, 0.3) is 0 Å². The average molecular weight is 240 g/mol. The van der Waals surface area contributed by atoms with Crippen molar-refractivity contribution in [3.63, 3.8) is 0 Å². The van der Waals surface area contributed by atoms with Gasteiger partial charge in [0.2, 0.25) is 0 Å². The van der Waals surface area contributed by atoms with Crippen LogP contribution in [0.25, 0.3) is 0 Å². The van der Waals surface area contributed by atoms with E-state index in [0.717, 1.165) is 0 Å². The van der Waals surface area contributed by atoms with Crippen LogP contribution < -0.4 is 0 Å². The Kier molecular flexibility index (Phi) is 33.9. The van der Waals surface area contributed by atoms with Crippen molar-refractivity contribution in [2.24, 2.45) is 0 Å². The van der Waals surface area contributed by atoms with E-state index in [1.165, 1.54) is 0 Å². The fourth-order valence-electron chi connectivity index (χ4n) is 0.115. The molecule has 0 amide bonds. The first kappa shape index (κ1) is 24.3. The van der Waals surface area contributed by atoms with Gasteiger partial charge in [-0.3, -0.25) is 0 Å². The Morgan fingerprint density at radius 1 is 0.643 bits per heavy atom. The van der Waals surface area contributed by atoms with Crippen LogP contribution in [0.1, 0.15) is 0 Å². The van der Waals surface area contributed by atoms with Gasteiger partial charge >= 0.3 is 37.7 Å². The third-order valence-corrected chi connectivity index (χ3v) is 0.843. The van der Waals surface area contributed by atoms with Gasteiger partial charge in [-0.2, -0.15) is 0 Å². The van der Waals surface area contributed by atoms with Crippen LogP contribution in [0.4, 0.5) is 0 Å². The summed E-state index contributed by atoms with van der Waals surface area (Å²) in [5.74, 6) is 0. The maximum absolute atomic E-state index is 8.17. The molecule has 14 heavy (non-hydrogen) atoms. The summed E-state index contributed by atoms with van der Waals surface area (Å²) < 4.78 is 0. The average Bonchev–Trinajstić information content (AvgIpc) is 2.16. The summed E-state index contributed by atoms with van der Waals surface area (Å²) in [7, 11) is 0. The minimum Gasteiger partial charge on any atom is -2.00 e. The van der Waals surface area contributed by atoms with E-state index in [0.29, 0.717) is 0 Å². The molecule has 0 saturated heterocycles. The topological polar surface area (TPSA) is 150 Å². The van der Waals surface area contributed by atoms with Gasteiger partial charge in [-0.1, -0.05) is 0 Å². The molecule has 0 fully saturated rings. The molecule has 0 atom stereocenters. The molecular weight excluding hydrogens is 224 g/mol.